The van der Waals surface area contributed by atoms with Crippen molar-refractivity contribution in [2.24, 2.45) is 10.8 Å². The van der Waals surface area contributed by atoms with Crippen molar-refractivity contribution in [2.45, 2.75) is 39.8 Å². The summed E-state index contributed by atoms with van der Waals surface area (Å²) in [6.07, 6.45) is 2.98. The normalized spacial score (nSPS) is 22.2. The second-order valence-electron chi connectivity index (χ2n) is 7.87. The first-order valence-corrected chi connectivity index (χ1v) is 9.41. The van der Waals surface area contributed by atoms with E-state index in [1.54, 1.807) is 36.7 Å². The molecule has 0 unspecified atom stereocenters. The van der Waals surface area contributed by atoms with Crippen LogP contribution in [0.5, 0.6) is 5.75 Å². The molecule has 0 atom stereocenters. The van der Waals surface area contributed by atoms with Crippen molar-refractivity contribution in [1.29, 1.82) is 5.26 Å². The zero-order valence-corrected chi connectivity index (χ0v) is 17.2. The van der Waals surface area contributed by atoms with Gasteiger partial charge in [-0.1, -0.05) is 27.7 Å². The van der Waals surface area contributed by atoms with Gasteiger partial charge in [-0.05, 0) is 40.2 Å². The average molecular weight is 429 g/mol. The van der Waals surface area contributed by atoms with Gasteiger partial charge in [0.2, 0.25) is 5.82 Å². The number of nitrogens with one attached hydrogen (secondary N) is 1. The highest BCUT2D eigenvalue weighted by Crippen LogP contribution is 2.55. The van der Waals surface area contributed by atoms with Gasteiger partial charge in [0.15, 0.2) is 0 Å². The lowest BCUT2D eigenvalue weighted by atomic mass is 9.49. The molecular formula is C20H21BrN4O2. The Morgan fingerprint density at radius 3 is 2.41 bits per heavy atom. The topological polar surface area (TPSA) is 87.9 Å². The molecule has 1 N–H and O–H groups in total. The van der Waals surface area contributed by atoms with Crippen molar-refractivity contribution in [1.82, 2.24) is 15.3 Å². The van der Waals surface area contributed by atoms with Gasteiger partial charge in [0.05, 0.1) is 5.56 Å². The van der Waals surface area contributed by atoms with E-state index in [4.69, 9.17) is 10.00 Å². The fourth-order valence-electron chi connectivity index (χ4n) is 4.21. The Hall–Kier alpha value is -2.46. The van der Waals surface area contributed by atoms with Crippen molar-refractivity contribution in [2.75, 3.05) is 0 Å². The fourth-order valence-corrected chi connectivity index (χ4v) is 4.65. The molecule has 0 bridgehead atoms. The number of hydrogen-bond acceptors (Lipinski definition) is 5. The number of rotatable bonds is 4. The van der Waals surface area contributed by atoms with Gasteiger partial charge in [0, 0.05) is 33.7 Å². The number of amides is 1. The lowest BCUT2D eigenvalue weighted by molar-refractivity contribution is -0.164. The van der Waals surface area contributed by atoms with Crippen LogP contribution in [-0.4, -0.2) is 28.0 Å². The lowest BCUT2D eigenvalue weighted by Gasteiger charge is -2.63. The summed E-state index contributed by atoms with van der Waals surface area (Å²) in [6.45, 7) is 8.27. The van der Waals surface area contributed by atoms with Crippen molar-refractivity contribution in [3.63, 3.8) is 0 Å². The van der Waals surface area contributed by atoms with Gasteiger partial charge >= 0.3 is 0 Å². The molecule has 1 aliphatic carbocycles. The maximum Gasteiger partial charge on any atom is 0.289 e. The molecule has 6 nitrogen and oxygen atoms in total. The molecule has 140 valence electrons. The molecule has 1 aliphatic rings. The smallest absolute Gasteiger partial charge is 0.289 e. The van der Waals surface area contributed by atoms with Gasteiger partial charge in [0.1, 0.15) is 17.9 Å². The van der Waals surface area contributed by atoms with E-state index in [9.17, 15) is 4.79 Å². The standard InChI is InChI=1S/C20H21BrN4O2/c1-19(2)17(25-16(26)15-23-8-5-9-24-15)20(3,4)18(19)27-13-7-6-12(11-22)14(21)10-13/h5-10,17-18H,1-4H3,(H,25,26)/t17-,18-. The highest BCUT2D eigenvalue weighted by molar-refractivity contribution is 9.10. The molecule has 1 aromatic heterocycles. The third-order valence-electron chi connectivity index (χ3n) is 5.20. The number of nitrogens with zero attached hydrogens (tertiary/aromatic N) is 3. The predicted octanol–water partition coefficient (Wildman–Crippen LogP) is 3.72. The quantitative estimate of drug-likeness (QED) is 0.801. The van der Waals surface area contributed by atoms with E-state index < -0.39 is 0 Å². The van der Waals surface area contributed by atoms with Crippen LogP contribution < -0.4 is 10.1 Å². The van der Waals surface area contributed by atoms with Crippen LogP contribution in [0.1, 0.15) is 43.9 Å². The van der Waals surface area contributed by atoms with E-state index in [-0.39, 0.29) is 34.7 Å². The van der Waals surface area contributed by atoms with Crippen LogP contribution in [0, 0.1) is 22.2 Å². The third-order valence-corrected chi connectivity index (χ3v) is 5.85. The van der Waals surface area contributed by atoms with E-state index in [0.29, 0.717) is 15.8 Å². The van der Waals surface area contributed by atoms with Crippen LogP contribution in [0.25, 0.3) is 0 Å². The number of hydrogen-bond donors (Lipinski definition) is 1. The first-order valence-electron chi connectivity index (χ1n) is 8.62. The molecule has 0 aliphatic heterocycles. The molecule has 0 radical (unpaired) electrons. The lowest BCUT2D eigenvalue weighted by Crippen LogP contribution is -2.74. The first kappa shape index (κ1) is 19.3. The molecule has 1 aromatic carbocycles. The maximum absolute atomic E-state index is 12.5. The number of benzene rings is 1. The second-order valence-corrected chi connectivity index (χ2v) is 8.73. The van der Waals surface area contributed by atoms with Crippen molar-refractivity contribution >= 4 is 21.8 Å². The minimum atomic E-state index is -0.297. The summed E-state index contributed by atoms with van der Waals surface area (Å²) in [7, 11) is 0. The molecule has 1 heterocycles. The molecule has 0 saturated heterocycles. The Morgan fingerprint density at radius 1 is 1.22 bits per heavy atom. The summed E-state index contributed by atoms with van der Waals surface area (Å²) >= 11 is 3.39. The predicted molar refractivity (Wildman–Crippen MR) is 104 cm³/mol. The zero-order chi connectivity index (χ0) is 19.8. The SMILES string of the molecule is CC1(C)[C@H](NC(=O)c2ncccn2)C(C)(C)[C@H]1Oc1ccc(C#N)c(Br)c1. The molecule has 2 aromatic rings. The summed E-state index contributed by atoms with van der Waals surface area (Å²) in [5.74, 6) is 0.550. The monoisotopic (exact) mass is 428 g/mol. The number of halogens is 1. The van der Waals surface area contributed by atoms with Gasteiger partial charge in [0.25, 0.3) is 5.91 Å². The largest absolute Gasteiger partial charge is 0.489 e. The van der Waals surface area contributed by atoms with Crippen LogP contribution in [0.4, 0.5) is 0 Å². The van der Waals surface area contributed by atoms with Crippen LogP contribution >= 0.6 is 15.9 Å². The number of nitriles is 1. The molecule has 3 rings (SSSR count). The van der Waals surface area contributed by atoms with Gasteiger partial charge in [-0.15, -0.1) is 0 Å². The summed E-state index contributed by atoms with van der Waals surface area (Å²) in [5, 5.41) is 12.1. The molecule has 1 amide bonds. The maximum atomic E-state index is 12.5. The number of ether oxygens (including phenoxy) is 1. The van der Waals surface area contributed by atoms with Crippen LogP contribution in [0.2, 0.25) is 0 Å². The van der Waals surface area contributed by atoms with E-state index in [2.05, 4.69) is 65.0 Å². The minimum Gasteiger partial charge on any atom is -0.489 e. The summed E-state index contributed by atoms with van der Waals surface area (Å²) in [6, 6.07) is 9.01. The van der Waals surface area contributed by atoms with E-state index >= 15 is 0 Å². The molecule has 0 spiro atoms. The Bertz CT molecular complexity index is 890. The summed E-state index contributed by atoms with van der Waals surface area (Å²) in [5.41, 5.74) is -0.0368. The minimum absolute atomic E-state index is 0.104. The number of carbonyl (C=O) groups is 1. The highest BCUT2D eigenvalue weighted by atomic mass is 79.9. The van der Waals surface area contributed by atoms with E-state index in [1.807, 2.05) is 0 Å². The fraction of sp³-hybridized carbons (Fsp3) is 0.400. The summed E-state index contributed by atoms with van der Waals surface area (Å²) in [4.78, 5) is 20.5. The molecular weight excluding hydrogens is 408 g/mol. The molecule has 27 heavy (non-hydrogen) atoms. The molecule has 1 fully saturated rings. The van der Waals surface area contributed by atoms with Crippen LogP contribution in [0.3, 0.4) is 0 Å². The Kier molecular flexibility index (Phi) is 4.96. The first-order chi connectivity index (χ1) is 12.7. The highest BCUT2D eigenvalue weighted by Gasteiger charge is 2.64. The molecule has 7 heteroatoms. The zero-order valence-electron chi connectivity index (χ0n) is 15.7. The van der Waals surface area contributed by atoms with Crippen LogP contribution in [0.15, 0.2) is 41.1 Å². The molecule has 1 saturated carbocycles. The van der Waals surface area contributed by atoms with Gasteiger partial charge < -0.3 is 10.1 Å². The second kappa shape index (κ2) is 6.93. The van der Waals surface area contributed by atoms with Crippen molar-refractivity contribution < 1.29 is 9.53 Å². The van der Waals surface area contributed by atoms with Gasteiger partial charge in [-0.3, -0.25) is 4.79 Å². The van der Waals surface area contributed by atoms with Crippen molar-refractivity contribution in [3.05, 3.63) is 52.5 Å². The number of aromatic nitrogens is 2. The van der Waals surface area contributed by atoms with Crippen molar-refractivity contribution in [3.8, 4) is 11.8 Å². The Morgan fingerprint density at radius 2 is 1.85 bits per heavy atom. The number of carbonyl (C=O) groups excluding carboxylic acids is 1. The Balaban J connectivity index is 1.77. The summed E-state index contributed by atoms with van der Waals surface area (Å²) < 4.78 is 6.95. The average Bonchev–Trinajstić information content (AvgIpc) is 2.64. The Labute approximate surface area is 167 Å². The van der Waals surface area contributed by atoms with Crippen LogP contribution in [-0.2, 0) is 0 Å². The van der Waals surface area contributed by atoms with Gasteiger partial charge in [-0.2, -0.15) is 5.26 Å². The third kappa shape index (κ3) is 3.42. The van der Waals surface area contributed by atoms with Gasteiger partial charge in [-0.25, -0.2) is 9.97 Å². The van der Waals surface area contributed by atoms with E-state index in [0.717, 1.165) is 0 Å². The van der Waals surface area contributed by atoms with E-state index in [1.165, 1.54) is 0 Å².